The first kappa shape index (κ1) is 15.3. The lowest BCUT2D eigenvalue weighted by molar-refractivity contribution is -0.131. The van der Waals surface area contributed by atoms with Crippen LogP contribution in [-0.2, 0) is 11.2 Å². The van der Waals surface area contributed by atoms with Crippen LogP contribution >= 0.6 is 0 Å². The molecule has 0 unspecified atom stereocenters. The third-order valence-electron chi connectivity index (χ3n) is 5.03. The van der Waals surface area contributed by atoms with Crippen LogP contribution in [0.5, 0.6) is 0 Å². The molecule has 3 rings (SSSR count). The van der Waals surface area contributed by atoms with Crippen molar-refractivity contribution in [2.45, 2.75) is 58.3 Å². The van der Waals surface area contributed by atoms with E-state index in [1.54, 1.807) is 0 Å². The molecule has 2 nitrogen and oxygen atoms in total. The number of rotatable bonds is 6. The molecule has 118 valence electrons. The van der Waals surface area contributed by atoms with E-state index in [-0.39, 0.29) is 0 Å². The minimum atomic E-state index is 0.360. The van der Waals surface area contributed by atoms with E-state index >= 15 is 0 Å². The molecule has 1 aliphatic carbocycles. The summed E-state index contributed by atoms with van der Waals surface area (Å²) in [5.41, 5.74) is 5.87. The molecule has 2 aliphatic rings. The summed E-state index contributed by atoms with van der Waals surface area (Å²) in [7, 11) is 0. The summed E-state index contributed by atoms with van der Waals surface area (Å²) in [5, 5.41) is 0. The lowest BCUT2D eigenvalue weighted by Gasteiger charge is -2.29. The van der Waals surface area contributed by atoms with Gasteiger partial charge in [-0.3, -0.25) is 4.79 Å². The van der Waals surface area contributed by atoms with Crippen molar-refractivity contribution < 1.29 is 4.79 Å². The van der Waals surface area contributed by atoms with Gasteiger partial charge in [0.1, 0.15) is 0 Å². The molecule has 0 aromatic heterocycles. The van der Waals surface area contributed by atoms with Gasteiger partial charge in [-0.2, -0.15) is 0 Å². The number of hydrogen-bond donors (Lipinski definition) is 0. The van der Waals surface area contributed by atoms with Gasteiger partial charge in [-0.1, -0.05) is 56.9 Å². The van der Waals surface area contributed by atoms with Crippen LogP contribution < -0.4 is 0 Å². The summed E-state index contributed by atoms with van der Waals surface area (Å²) >= 11 is 0. The van der Waals surface area contributed by atoms with Gasteiger partial charge in [0.05, 0.1) is 0 Å². The highest BCUT2D eigenvalue weighted by Gasteiger charge is 2.28. The Labute approximate surface area is 134 Å². The van der Waals surface area contributed by atoms with Gasteiger partial charge in [-0.25, -0.2) is 0 Å². The molecule has 0 saturated heterocycles. The molecule has 0 saturated carbocycles. The Kier molecular flexibility index (Phi) is 4.97. The van der Waals surface area contributed by atoms with E-state index in [4.69, 9.17) is 0 Å². The van der Waals surface area contributed by atoms with Gasteiger partial charge in [0, 0.05) is 19.5 Å². The van der Waals surface area contributed by atoms with Crippen LogP contribution in [0.4, 0.5) is 0 Å². The number of hydrogen-bond acceptors (Lipinski definition) is 1. The monoisotopic (exact) mass is 297 g/mol. The van der Waals surface area contributed by atoms with Gasteiger partial charge in [-0.15, -0.1) is 0 Å². The summed E-state index contributed by atoms with van der Waals surface area (Å²) in [4.78, 5) is 14.5. The predicted octanol–water partition coefficient (Wildman–Crippen LogP) is 4.59. The summed E-state index contributed by atoms with van der Waals surface area (Å²) in [5.74, 6) is 0.360. The highest BCUT2D eigenvalue weighted by atomic mass is 16.2. The quantitative estimate of drug-likeness (QED) is 0.703. The molecule has 1 aliphatic heterocycles. The van der Waals surface area contributed by atoms with E-state index in [1.807, 2.05) is 0 Å². The number of benzene rings is 1. The van der Waals surface area contributed by atoms with Crippen molar-refractivity contribution in [3.8, 4) is 0 Å². The molecular formula is C20H27NO. The van der Waals surface area contributed by atoms with Crippen LogP contribution in [0.15, 0.2) is 29.8 Å². The van der Waals surface area contributed by atoms with E-state index in [1.165, 1.54) is 48.0 Å². The highest BCUT2D eigenvalue weighted by Crippen LogP contribution is 2.37. The van der Waals surface area contributed by atoms with E-state index in [2.05, 4.69) is 36.1 Å². The van der Waals surface area contributed by atoms with Crippen LogP contribution in [0.3, 0.4) is 0 Å². The standard InChI is InChI=1S/C20H27NO/c1-2-3-4-5-6-11-20(22)21-13-12-19-17(15-21)14-16-9-7-8-10-18(16)19/h7-10H,2-6,11-15H2,1H3. The molecule has 0 radical (unpaired) electrons. The van der Waals surface area contributed by atoms with Gasteiger partial charge >= 0.3 is 0 Å². The first-order valence-corrected chi connectivity index (χ1v) is 8.86. The van der Waals surface area contributed by atoms with Crippen LogP contribution in [0.1, 0.15) is 63.0 Å². The fourth-order valence-corrected chi connectivity index (χ4v) is 3.77. The third kappa shape index (κ3) is 3.26. The lowest BCUT2D eigenvalue weighted by Crippen LogP contribution is -2.36. The van der Waals surface area contributed by atoms with Crippen LogP contribution in [0.25, 0.3) is 5.57 Å². The molecular weight excluding hydrogens is 270 g/mol. The predicted molar refractivity (Wildman–Crippen MR) is 91.6 cm³/mol. The second kappa shape index (κ2) is 7.13. The van der Waals surface area contributed by atoms with Crippen molar-refractivity contribution in [1.82, 2.24) is 4.90 Å². The van der Waals surface area contributed by atoms with Crippen LogP contribution in [0, 0.1) is 0 Å². The van der Waals surface area contributed by atoms with Crippen LogP contribution in [0.2, 0.25) is 0 Å². The Bertz CT molecular complexity index is 573. The fourth-order valence-electron chi connectivity index (χ4n) is 3.77. The summed E-state index contributed by atoms with van der Waals surface area (Å²) in [6.45, 7) is 3.99. The molecule has 1 amide bonds. The zero-order chi connectivity index (χ0) is 15.4. The first-order valence-electron chi connectivity index (χ1n) is 8.86. The van der Waals surface area contributed by atoms with Crippen molar-refractivity contribution >= 4 is 11.5 Å². The van der Waals surface area contributed by atoms with Gasteiger partial charge in [-0.05, 0) is 41.5 Å². The summed E-state index contributed by atoms with van der Waals surface area (Å²) in [6, 6.07) is 8.72. The van der Waals surface area contributed by atoms with E-state index in [9.17, 15) is 4.79 Å². The number of nitrogens with zero attached hydrogens (tertiary/aromatic N) is 1. The molecule has 2 heteroatoms. The van der Waals surface area contributed by atoms with Gasteiger partial charge in [0.2, 0.25) is 5.91 Å². The number of unbranched alkanes of at least 4 members (excludes halogenated alkanes) is 4. The Morgan fingerprint density at radius 2 is 1.95 bits per heavy atom. The number of amides is 1. The third-order valence-corrected chi connectivity index (χ3v) is 5.03. The molecule has 0 atom stereocenters. The topological polar surface area (TPSA) is 20.3 Å². The van der Waals surface area contributed by atoms with E-state index < -0.39 is 0 Å². The van der Waals surface area contributed by atoms with E-state index in [0.717, 1.165) is 38.8 Å². The Hall–Kier alpha value is -1.57. The normalized spacial score (nSPS) is 16.7. The second-order valence-electron chi connectivity index (χ2n) is 6.65. The zero-order valence-corrected chi connectivity index (χ0v) is 13.7. The molecule has 0 bridgehead atoms. The Morgan fingerprint density at radius 3 is 2.82 bits per heavy atom. The maximum Gasteiger partial charge on any atom is 0.222 e. The molecule has 22 heavy (non-hydrogen) atoms. The summed E-state index contributed by atoms with van der Waals surface area (Å²) < 4.78 is 0. The molecule has 1 heterocycles. The van der Waals surface area contributed by atoms with Crippen LogP contribution in [-0.4, -0.2) is 23.9 Å². The fraction of sp³-hybridized carbons (Fsp3) is 0.550. The molecule has 0 N–H and O–H groups in total. The minimum absolute atomic E-state index is 0.360. The van der Waals surface area contributed by atoms with Crippen molar-refractivity contribution in [1.29, 1.82) is 0 Å². The molecule has 0 fully saturated rings. The zero-order valence-electron chi connectivity index (χ0n) is 13.7. The lowest BCUT2D eigenvalue weighted by atomic mass is 9.99. The molecule has 1 aromatic rings. The average molecular weight is 297 g/mol. The minimum Gasteiger partial charge on any atom is -0.338 e. The van der Waals surface area contributed by atoms with Gasteiger partial charge in [0.25, 0.3) is 0 Å². The average Bonchev–Trinajstić information content (AvgIpc) is 2.92. The highest BCUT2D eigenvalue weighted by molar-refractivity contribution is 5.82. The number of fused-ring (bicyclic) bond motifs is 2. The number of carbonyl (C=O) groups is 1. The maximum absolute atomic E-state index is 12.4. The van der Waals surface area contributed by atoms with Crippen molar-refractivity contribution in [2.24, 2.45) is 0 Å². The smallest absolute Gasteiger partial charge is 0.222 e. The Morgan fingerprint density at radius 1 is 1.14 bits per heavy atom. The largest absolute Gasteiger partial charge is 0.338 e. The maximum atomic E-state index is 12.4. The molecule has 1 aromatic carbocycles. The van der Waals surface area contributed by atoms with Gasteiger partial charge < -0.3 is 4.90 Å². The second-order valence-corrected chi connectivity index (χ2v) is 6.65. The van der Waals surface area contributed by atoms with Crippen molar-refractivity contribution in [3.05, 3.63) is 41.0 Å². The SMILES string of the molecule is CCCCCCCC(=O)N1CCC2=C(Cc3ccccc32)C1. The van der Waals surface area contributed by atoms with Gasteiger partial charge in [0.15, 0.2) is 0 Å². The van der Waals surface area contributed by atoms with Crippen molar-refractivity contribution in [2.75, 3.05) is 13.1 Å². The van der Waals surface area contributed by atoms with E-state index in [0.29, 0.717) is 5.91 Å². The first-order chi connectivity index (χ1) is 10.8. The summed E-state index contributed by atoms with van der Waals surface area (Å²) in [6.07, 6.45) is 8.91. The number of carbonyl (C=O) groups excluding carboxylic acids is 1. The van der Waals surface area contributed by atoms with Crippen molar-refractivity contribution in [3.63, 3.8) is 0 Å². The Balaban J connectivity index is 1.52. The molecule has 0 spiro atoms.